The van der Waals surface area contributed by atoms with E-state index in [-0.39, 0.29) is 29.1 Å². The van der Waals surface area contributed by atoms with Crippen molar-refractivity contribution in [1.29, 1.82) is 0 Å². The smallest absolute Gasteiger partial charge is 0.260 e. The molecule has 2 aliphatic heterocycles. The Labute approximate surface area is 140 Å². The number of benzene rings is 1. The van der Waals surface area contributed by atoms with Crippen LogP contribution in [0.15, 0.2) is 12.1 Å². The predicted molar refractivity (Wildman–Crippen MR) is 85.2 cm³/mol. The van der Waals surface area contributed by atoms with Crippen molar-refractivity contribution in [2.24, 2.45) is 5.41 Å². The average molecular weight is 347 g/mol. The molecular weight excluding hydrogens is 326 g/mol. The van der Waals surface area contributed by atoms with Crippen molar-refractivity contribution in [3.8, 4) is 5.75 Å². The Morgan fingerprint density at radius 1 is 1.22 bits per heavy atom. The molecule has 0 unspecified atom stereocenters. The van der Waals surface area contributed by atoms with E-state index in [1.165, 1.54) is 7.11 Å². The first kappa shape index (κ1) is 17.9. The second-order valence-electron chi connectivity index (χ2n) is 6.16. The molecule has 3 rings (SSSR count). The Kier molecular flexibility index (Phi) is 5.47. The summed E-state index contributed by atoms with van der Waals surface area (Å²) in [6, 6.07) is 1.94. The van der Waals surface area contributed by atoms with Gasteiger partial charge >= 0.3 is 0 Å². The van der Waals surface area contributed by atoms with E-state index < -0.39 is 17.5 Å². The van der Waals surface area contributed by atoms with Crippen molar-refractivity contribution in [1.82, 2.24) is 10.2 Å². The molecular formula is C16H21ClF2N2O2. The van der Waals surface area contributed by atoms with E-state index in [0.29, 0.717) is 13.1 Å². The summed E-state index contributed by atoms with van der Waals surface area (Å²) < 4.78 is 32.6. The molecule has 2 aliphatic rings. The maximum absolute atomic E-state index is 14.0. The van der Waals surface area contributed by atoms with Gasteiger partial charge in [0.1, 0.15) is 11.4 Å². The van der Waals surface area contributed by atoms with Gasteiger partial charge in [0.15, 0.2) is 11.6 Å². The topological polar surface area (TPSA) is 41.6 Å². The molecule has 1 spiro atoms. The van der Waals surface area contributed by atoms with Crippen LogP contribution in [-0.4, -0.2) is 44.1 Å². The molecule has 1 amide bonds. The first-order chi connectivity index (χ1) is 10.6. The quantitative estimate of drug-likeness (QED) is 0.895. The normalized spacial score (nSPS) is 19.5. The van der Waals surface area contributed by atoms with Crippen LogP contribution >= 0.6 is 12.4 Å². The molecule has 7 heteroatoms. The van der Waals surface area contributed by atoms with Gasteiger partial charge < -0.3 is 15.0 Å². The minimum Gasteiger partial charge on any atom is -0.493 e. The number of methoxy groups -OCH3 is 1. The number of likely N-dealkylation sites (tertiary alicyclic amines) is 1. The molecule has 2 heterocycles. The number of ether oxygens (including phenoxy) is 1. The maximum Gasteiger partial charge on any atom is 0.260 e. The lowest BCUT2D eigenvalue weighted by Gasteiger charge is -2.39. The van der Waals surface area contributed by atoms with Crippen LogP contribution in [0.1, 0.15) is 29.6 Å². The van der Waals surface area contributed by atoms with Gasteiger partial charge in [0, 0.05) is 19.6 Å². The molecule has 2 fully saturated rings. The summed E-state index contributed by atoms with van der Waals surface area (Å²) in [6.45, 7) is 3.13. The highest BCUT2D eigenvalue weighted by molar-refractivity contribution is 5.97. The summed E-state index contributed by atoms with van der Waals surface area (Å²) >= 11 is 0. The molecule has 23 heavy (non-hydrogen) atoms. The molecule has 128 valence electrons. The van der Waals surface area contributed by atoms with Crippen molar-refractivity contribution in [3.05, 3.63) is 29.3 Å². The number of hydrogen-bond donors (Lipinski definition) is 1. The van der Waals surface area contributed by atoms with E-state index in [9.17, 15) is 13.6 Å². The van der Waals surface area contributed by atoms with Gasteiger partial charge in [-0.15, -0.1) is 12.4 Å². The minimum atomic E-state index is -0.744. The van der Waals surface area contributed by atoms with Crippen molar-refractivity contribution < 1.29 is 18.3 Å². The number of rotatable bonds is 2. The van der Waals surface area contributed by atoms with E-state index in [1.807, 2.05) is 0 Å². The first-order valence-corrected chi connectivity index (χ1v) is 7.58. The molecule has 0 aliphatic carbocycles. The Morgan fingerprint density at radius 3 is 2.43 bits per heavy atom. The van der Waals surface area contributed by atoms with E-state index in [0.717, 1.165) is 44.5 Å². The fourth-order valence-electron chi connectivity index (χ4n) is 3.50. The van der Waals surface area contributed by atoms with Crippen LogP contribution in [0.25, 0.3) is 0 Å². The minimum absolute atomic E-state index is 0. The van der Waals surface area contributed by atoms with Crippen molar-refractivity contribution in [2.45, 2.75) is 19.3 Å². The zero-order valence-electron chi connectivity index (χ0n) is 13.0. The molecule has 2 saturated heterocycles. The number of carbonyl (C=O) groups excluding carboxylic acids is 1. The molecule has 0 saturated carbocycles. The van der Waals surface area contributed by atoms with Crippen molar-refractivity contribution in [3.63, 3.8) is 0 Å². The van der Waals surface area contributed by atoms with Crippen LogP contribution in [0.3, 0.4) is 0 Å². The van der Waals surface area contributed by atoms with Crippen LogP contribution < -0.4 is 10.1 Å². The SMILES string of the molecule is COc1c(F)ccc(F)c1C(=O)N1CCC2(CCNC2)CC1.Cl. The lowest BCUT2D eigenvalue weighted by molar-refractivity contribution is 0.0599. The highest BCUT2D eigenvalue weighted by atomic mass is 35.5. The van der Waals surface area contributed by atoms with Gasteiger partial charge in [0.05, 0.1) is 7.11 Å². The van der Waals surface area contributed by atoms with Gasteiger partial charge in [-0.3, -0.25) is 4.79 Å². The van der Waals surface area contributed by atoms with Crippen LogP contribution in [0.4, 0.5) is 8.78 Å². The summed E-state index contributed by atoms with van der Waals surface area (Å²) in [7, 11) is 1.24. The monoisotopic (exact) mass is 346 g/mol. The Bertz CT molecular complexity index is 582. The van der Waals surface area contributed by atoms with Crippen LogP contribution in [-0.2, 0) is 0 Å². The zero-order valence-corrected chi connectivity index (χ0v) is 13.8. The number of nitrogens with one attached hydrogen (secondary N) is 1. The molecule has 4 nitrogen and oxygen atoms in total. The maximum atomic E-state index is 14.0. The van der Waals surface area contributed by atoms with E-state index >= 15 is 0 Å². The lowest BCUT2D eigenvalue weighted by Crippen LogP contribution is -2.44. The van der Waals surface area contributed by atoms with E-state index in [2.05, 4.69) is 5.32 Å². The predicted octanol–water partition coefficient (Wildman–Crippen LogP) is 2.61. The van der Waals surface area contributed by atoms with Crippen LogP contribution in [0.5, 0.6) is 5.75 Å². The van der Waals surface area contributed by atoms with Crippen LogP contribution in [0.2, 0.25) is 0 Å². The van der Waals surface area contributed by atoms with E-state index in [4.69, 9.17) is 4.74 Å². The van der Waals surface area contributed by atoms with Crippen LogP contribution in [0, 0.1) is 17.0 Å². The zero-order chi connectivity index (χ0) is 15.7. The van der Waals surface area contributed by atoms with Gasteiger partial charge in [0.25, 0.3) is 5.91 Å². The number of piperidine rings is 1. The third kappa shape index (κ3) is 3.28. The van der Waals surface area contributed by atoms with Gasteiger partial charge in [-0.25, -0.2) is 8.78 Å². The third-order valence-corrected chi connectivity index (χ3v) is 4.92. The van der Waals surface area contributed by atoms with Crippen molar-refractivity contribution >= 4 is 18.3 Å². The summed E-state index contributed by atoms with van der Waals surface area (Å²) in [4.78, 5) is 14.2. The number of nitrogens with zero attached hydrogens (tertiary/aromatic N) is 1. The molecule has 1 aromatic carbocycles. The van der Waals surface area contributed by atoms with E-state index in [1.54, 1.807) is 4.90 Å². The fourth-order valence-corrected chi connectivity index (χ4v) is 3.50. The first-order valence-electron chi connectivity index (χ1n) is 7.58. The molecule has 0 bridgehead atoms. The fraction of sp³-hybridized carbons (Fsp3) is 0.562. The summed E-state index contributed by atoms with van der Waals surface area (Å²) in [5.74, 6) is -2.27. The van der Waals surface area contributed by atoms with Gasteiger partial charge in [0.2, 0.25) is 0 Å². The number of halogens is 3. The standard InChI is InChI=1S/C16H20F2N2O2.ClH/c1-22-14-12(18)3-2-11(17)13(14)15(21)20-8-5-16(6-9-20)4-7-19-10-16;/h2-3,19H,4-10H2,1H3;1H. The largest absolute Gasteiger partial charge is 0.493 e. The highest BCUT2D eigenvalue weighted by Crippen LogP contribution is 2.38. The Morgan fingerprint density at radius 2 is 1.87 bits per heavy atom. The van der Waals surface area contributed by atoms with Gasteiger partial charge in [-0.2, -0.15) is 0 Å². The Balaban J connectivity index is 0.00000192. The second-order valence-corrected chi connectivity index (χ2v) is 6.16. The molecule has 0 aromatic heterocycles. The average Bonchev–Trinajstić information content (AvgIpc) is 2.97. The number of carbonyl (C=O) groups is 1. The van der Waals surface area contributed by atoms with Gasteiger partial charge in [-0.1, -0.05) is 0 Å². The Hall–Kier alpha value is -1.40. The lowest BCUT2D eigenvalue weighted by atomic mass is 9.78. The molecule has 1 aromatic rings. The molecule has 0 radical (unpaired) electrons. The summed E-state index contributed by atoms with van der Waals surface area (Å²) in [5, 5.41) is 3.36. The number of hydrogen-bond acceptors (Lipinski definition) is 3. The molecule has 0 atom stereocenters. The second kappa shape index (κ2) is 7.01. The van der Waals surface area contributed by atoms with Gasteiger partial charge in [-0.05, 0) is 43.4 Å². The summed E-state index contributed by atoms with van der Waals surface area (Å²) in [5.41, 5.74) is -0.0376. The molecule has 1 N–H and O–H groups in total. The third-order valence-electron chi connectivity index (χ3n) is 4.92. The summed E-state index contributed by atoms with van der Waals surface area (Å²) in [6.07, 6.45) is 2.91. The van der Waals surface area contributed by atoms with Crippen molar-refractivity contribution in [2.75, 3.05) is 33.3 Å². The number of amides is 1. The highest BCUT2D eigenvalue weighted by Gasteiger charge is 2.39.